The summed E-state index contributed by atoms with van der Waals surface area (Å²) in [4.78, 5) is 0. The Morgan fingerprint density at radius 1 is 0.778 bits per heavy atom. The van der Waals surface area contributed by atoms with E-state index in [1.54, 1.807) is 0 Å². The van der Waals surface area contributed by atoms with E-state index in [9.17, 15) is 5.11 Å². The first-order valence-corrected chi connectivity index (χ1v) is 8.20. The second-order valence-corrected chi connectivity index (χ2v) is 5.48. The molecular formula is C16H35NO. The van der Waals surface area contributed by atoms with E-state index in [1.165, 1.54) is 64.2 Å². The first-order valence-electron chi connectivity index (χ1n) is 8.20. The molecule has 1 unspecified atom stereocenters. The minimum absolute atomic E-state index is 0.137. The molecule has 0 aromatic heterocycles. The van der Waals surface area contributed by atoms with Crippen molar-refractivity contribution >= 4 is 0 Å². The van der Waals surface area contributed by atoms with Gasteiger partial charge in [-0.15, -0.1) is 0 Å². The molecule has 0 aromatic carbocycles. The Morgan fingerprint density at radius 3 is 2.00 bits per heavy atom. The van der Waals surface area contributed by atoms with Crippen molar-refractivity contribution in [2.45, 2.75) is 90.6 Å². The minimum Gasteiger partial charge on any atom is -0.392 e. The smallest absolute Gasteiger partial charge is 0.0664 e. The van der Waals surface area contributed by atoms with Crippen molar-refractivity contribution in [3.63, 3.8) is 0 Å². The number of aliphatic hydroxyl groups excluding tert-OH is 1. The molecule has 0 aliphatic rings. The molecular weight excluding hydrogens is 222 g/mol. The quantitative estimate of drug-likeness (QED) is 0.456. The first kappa shape index (κ1) is 17.9. The molecule has 0 heterocycles. The average molecular weight is 257 g/mol. The molecule has 0 saturated carbocycles. The van der Waals surface area contributed by atoms with Gasteiger partial charge in [0.2, 0.25) is 0 Å². The highest BCUT2D eigenvalue weighted by Crippen LogP contribution is 2.08. The topological polar surface area (TPSA) is 32.3 Å². The number of unbranched alkanes of at least 4 members (excludes halogenated alkanes) is 8. The van der Waals surface area contributed by atoms with Crippen LogP contribution in [-0.4, -0.2) is 24.3 Å². The van der Waals surface area contributed by atoms with E-state index in [1.807, 2.05) is 0 Å². The molecule has 0 bridgehead atoms. The van der Waals surface area contributed by atoms with Gasteiger partial charge in [-0.1, -0.05) is 71.6 Å². The average Bonchev–Trinajstić information content (AvgIpc) is 2.38. The summed E-state index contributed by atoms with van der Waals surface area (Å²) in [7, 11) is 0. The highest BCUT2D eigenvalue weighted by molar-refractivity contribution is 4.60. The molecule has 0 amide bonds. The fourth-order valence-electron chi connectivity index (χ4n) is 2.21. The Kier molecular flexibility index (Phi) is 14.9. The van der Waals surface area contributed by atoms with Gasteiger partial charge in [0.25, 0.3) is 0 Å². The third-order valence-corrected chi connectivity index (χ3v) is 3.48. The Bertz CT molecular complexity index is 134. The summed E-state index contributed by atoms with van der Waals surface area (Å²) >= 11 is 0. The van der Waals surface area contributed by atoms with Crippen LogP contribution in [-0.2, 0) is 0 Å². The maximum Gasteiger partial charge on any atom is 0.0664 e. The maximum absolute atomic E-state index is 9.79. The van der Waals surface area contributed by atoms with E-state index < -0.39 is 0 Å². The molecule has 0 radical (unpaired) electrons. The lowest BCUT2D eigenvalue weighted by molar-refractivity contribution is 0.158. The zero-order valence-electron chi connectivity index (χ0n) is 12.7. The van der Waals surface area contributed by atoms with Gasteiger partial charge < -0.3 is 10.4 Å². The highest BCUT2D eigenvalue weighted by atomic mass is 16.3. The van der Waals surface area contributed by atoms with Gasteiger partial charge in [0.15, 0.2) is 0 Å². The van der Waals surface area contributed by atoms with Crippen molar-refractivity contribution in [1.82, 2.24) is 5.32 Å². The van der Waals surface area contributed by atoms with Crippen LogP contribution in [0.5, 0.6) is 0 Å². The Hall–Kier alpha value is -0.0800. The molecule has 0 aliphatic heterocycles. The lowest BCUT2D eigenvalue weighted by atomic mass is 10.1. The van der Waals surface area contributed by atoms with E-state index >= 15 is 0 Å². The molecule has 0 fully saturated rings. The van der Waals surface area contributed by atoms with Crippen LogP contribution < -0.4 is 5.32 Å². The Morgan fingerprint density at radius 2 is 1.33 bits per heavy atom. The van der Waals surface area contributed by atoms with Crippen LogP contribution in [0.4, 0.5) is 0 Å². The number of aliphatic hydroxyl groups is 1. The van der Waals surface area contributed by atoms with E-state index in [4.69, 9.17) is 0 Å². The van der Waals surface area contributed by atoms with Gasteiger partial charge in [-0.2, -0.15) is 0 Å². The van der Waals surface area contributed by atoms with Crippen molar-refractivity contribution in [1.29, 1.82) is 0 Å². The summed E-state index contributed by atoms with van der Waals surface area (Å²) in [5, 5.41) is 13.1. The molecule has 2 nitrogen and oxygen atoms in total. The SMILES string of the molecule is CCCCCCCCC(O)CNCCCCCC. The second kappa shape index (κ2) is 15.0. The third-order valence-electron chi connectivity index (χ3n) is 3.48. The van der Waals surface area contributed by atoms with Crippen molar-refractivity contribution in [2.24, 2.45) is 0 Å². The normalized spacial score (nSPS) is 12.8. The van der Waals surface area contributed by atoms with Gasteiger partial charge in [0, 0.05) is 6.54 Å². The Labute approximate surface area is 115 Å². The molecule has 0 spiro atoms. The predicted octanol–water partition coefficient (Wildman–Crippen LogP) is 4.27. The monoisotopic (exact) mass is 257 g/mol. The number of hydrogen-bond acceptors (Lipinski definition) is 2. The van der Waals surface area contributed by atoms with Crippen LogP contribution in [0.25, 0.3) is 0 Å². The summed E-state index contributed by atoms with van der Waals surface area (Å²) in [5.74, 6) is 0. The van der Waals surface area contributed by atoms with Crippen LogP contribution in [0, 0.1) is 0 Å². The van der Waals surface area contributed by atoms with E-state index in [0.29, 0.717) is 0 Å². The lowest BCUT2D eigenvalue weighted by Gasteiger charge is -2.11. The molecule has 0 saturated heterocycles. The summed E-state index contributed by atoms with van der Waals surface area (Å²) < 4.78 is 0. The first-order chi connectivity index (χ1) is 8.81. The van der Waals surface area contributed by atoms with Crippen LogP contribution in [0.2, 0.25) is 0 Å². The van der Waals surface area contributed by atoms with E-state index in [2.05, 4.69) is 19.2 Å². The van der Waals surface area contributed by atoms with Crippen molar-refractivity contribution < 1.29 is 5.11 Å². The molecule has 18 heavy (non-hydrogen) atoms. The van der Waals surface area contributed by atoms with E-state index in [0.717, 1.165) is 19.5 Å². The van der Waals surface area contributed by atoms with Gasteiger partial charge in [0.05, 0.1) is 6.10 Å². The lowest BCUT2D eigenvalue weighted by Crippen LogP contribution is -2.27. The number of hydrogen-bond donors (Lipinski definition) is 2. The van der Waals surface area contributed by atoms with Gasteiger partial charge >= 0.3 is 0 Å². The largest absolute Gasteiger partial charge is 0.392 e. The highest BCUT2D eigenvalue weighted by Gasteiger charge is 2.02. The molecule has 2 N–H and O–H groups in total. The zero-order chi connectivity index (χ0) is 13.5. The molecule has 0 rings (SSSR count). The summed E-state index contributed by atoms with van der Waals surface area (Å²) in [6.45, 7) is 6.32. The number of rotatable bonds is 14. The number of nitrogens with one attached hydrogen (secondary N) is 1. The van der Waals surface area contributed by atoms with Gasteiger partial charge in [-0.05, 0) is 19.4 Å². The molecule has 0 aromatic rings. The van der Waals surface area contributed by atoms with Crippen molar-refractivity contribution in [3.05, 3.63) is 0 Å². The zero-order valence-corrected chi connectivity index (χ0v) is 12.7. The fourth-order valence-corrected chi connectivity index (χ4v) is 2.21. The van der Waals surface area contributed by atoms with Crippen molar-refractivity contribution in [3.8, 4) is 0 Å². The van der Waals surface area contributed by atoms with Crippen molar-refractivity contribution in [2.75, 3.05) is 13.1 Å². The molecule has 0 aliphatic carbocycles. The molecule has 1 atom stereocenters. The van der Waals surface area contributed by atoms with Gasteiger partial charge in [-0.3, -0.25) is 0 Å². The predicted molar refractivity (Wildman–Crippen MR) is 81.0 cm³/mol. The summed E-state index contributed by atoms with van der Waals surface area (Å²) in [5.41, 5.74) is 0. The minimum atomic E-state index is -0.137. The summed E-state index contributed by atoms with van der Waals surface area (Å²) in [6, 6.07) is 0. The van der Waals surface area contributed by atoms with Crippen LogP contribution in [0.1, 0.15) is 84.5 Å². The van der Waals surface area contributed by atoms with E-state index in [-0.39, 0.29) is 6.10 Å². The van der Waals surface area contributed by atoms with Crippen LogP contribution in [0.15, 0.2) is 0 Å². The molecule has 110 valence electrons. The van der Waals surface area contributed by atoms with Crippen LogP contribution in [0.3, 0.4) is 0 Å². The van der Waals surface area contributed by atoms with Crippen LogP contribution >= 0.6 is 0 Å². The molecule has 2 heteroatoms. The summed E-state index contributed by atoms with van der Waals surface area (Å²) in [6.07, 6.45) is 13.9. The third kappa shape index (κ3) is 14.0. The fraction of sp³-hybridized carbons (Fsp3) is 1.00. The Balaban J connectivity index is 3.10. The van der Waals surface area contributed by atoms with Gasteiger partial charge in [0.1, 0.15) is 0 Å². The second-order valence-electron chi connectivity index (χ2n) is 5.48. The maximum atomic E-state index is 9.79. The standard InChI is InChI=1S/C16H35NO/c1-3-5-7-9-10-11-13-16(18)15-17-14-12-8-6-4-2/h16-18H,3-15H2,1-2H3. The van der Waals surface area contributed by atoms with Gasteiger partial charge in [-0.25, -0.2) is 0 Å².